The van der Waals surface area contributed by atoms with Gasteiger partial charge in [0.15, 0.2) is 5.78 Å². The number of Topliss-reactive ketones (excluding diaryl/α,β-unsaturated/α-hetero) is 1. The van der Waals surface area contributed by atoms with E-state index in [1.54, 1.807) is 0 Å². The van der Waals surface area contributed by atoms with Crippen molar-refractivity contribution in [3.05, 3.63) is 29.3 Å². The molecule has 0 radical (unpaired) electrons. The summed E-state index contributed by atoms with van der Waals surface area (Å²) < 4.78 is 5.61. The zero-order valence-electron chi connectivity index (χ0n) is 8.54. The zero-order valence-corrected chi connectivity index (χ0v) is 8.54. The Kier molecular flexibility index (Phi) is 2.28. The third-order valence-corrected chi connectivity index (χ3v) is 2.38. The monoisotopic (exact) mass is 190 g/mol. The van der Waals surface area contributed by atoms with Crippen LogP contribution in [0.3, 0.4) is 0 Å². The molecule has 0 atom stereocenters. The average Bonchev–Trinajstić information content (AvgIpc) is 2.48. The van der Waals surface area contributed by atoms with Crippen molar-refractivity contribution in [2.24, 2.45) is 0 Å². The maximum atomic E-state index is 11.6. The lowest BCUT2D eigenvalue weighted by atomic mass is 10.1. The molecule has 0 spiro atoms. The van der Waals surface area contributed by atoms with E-state index in [1.165, 1.54) is 0 Å². The summed E-state index contributed by atoms with van der Waals surface area (Å²) in [5, 5.41) is 0. The molecule has 1 aliphatic carbocycles. The van der Waals surface area contributed by atoms with Crippen LogP contribution in [0.2, 0.25) is 0 Å². The van der Waals surface area contributed by atoms with E-state index in [0.29, 0.717) is 6.42 Å². The van der Waals surface area contributed by atoms with Crippen LogP contribution in [0.4, 0.5) is 0 Å². The van der Waals surface area contributed by atoms with Crippen LogP contribution < -0.4 is 4.74 Å². The Morgan fingerprint density at radius 1 is 1.29 bits per heavy atom. The molecule has 0 unspecified atom stereocenters. The van der Waals surface area contributed by atoms with E-state index in [9.17, 15) is 4.79 Å². The van der Waals surface area contributed by atoms with E-state index in [-0.39, 0.29) is 11.9 Å². The molecule has 1 aromatic rings. The number of fused-ring (bicyclic) bond motifs is 1. The third-order valence-electron chi connectivity index (χ3n) is 2.38. The first kappa shape index (κ1) is 9.25. The number of hydrogen-bond acceptors (Lipinski definition) is 2. The first-order valence-corrected chi connectivity index (χ1v) is 5.00. The Hall–Kier alpha value is -1.31. The van der Waals surface area contributed by atoms with Gasteiger partial charge in [-0.2, -0.15) is 0 Å². The third kappa shape index (κ3) is 1.52. The molecule has 0 saturated heterocycles. The standard InChI is InChI=1S/C12H14O2/c1-8(2)14-11-5-3-4-9-6-7-10(13)12(9)11/h3-5,8H,6-7H2,1-2H3. The van der Waals surface area contributed by atoms with Crippen LogP contribution in [0.1, 0.15) is 36.2 Å². The molecular weight excluding hydrogens is 176 g/mol. The van der Waals surface area contributed by atoms with E-state index in [0.717, 1.165) is 23.3 Å². The lowest BCUT2D eigenvalue weighted by Crippen LogP contribution is -2.08. The Morgan fingerprint density at radius 3 is 2.79 bits per heavy atom. The fourth-order valence-electron chi connectivity index (χ4n) is 1.83. The molecule has 14 heavy (non-hydrogen) atoms. The van der Waals surface area contributed by atoms with Gasteiger partial charge < -0.3 is 4.74 Å². The van der Waals surface area contributed by atoms with E-state index in [4.69, 9.17) is 4.74 Å². The SMILES string of the molecule is CC(C)Oc1cccc2c1C(=O)CC2. The Labute approximate surface area is 83.9 Å². The second kappa shape index (κ2) is 3.45. The molecule has 74 valence electrons. The number of aryl methyl sites for hydroxylation is 1. The van der Waals surface area contributed by atoms with Crippen molar-refractivity contribution in [2.45, 2.75) is 32.8 Å². The number of benzene rings is 1. The summed E-state index contributed by atoms with van der Waals surface area (Å²) >= 11 is 0. The summed E-state index contributed by atoms with van der Waals surface area (Å²) in [5.74, 6) is 0.969. The highest BCUT2D eigenvalue weighted by Crippen LogP contribution is 2.30. The van der Waals surface area contributed by atoms with Crippen molar-refractivity contribution in [2.75, 3.05) is 0 Å². The fraction of sp³-hybridized carbons (Fsp3) is 0.417. The van der Waals surface area contributed by atoms with Gasteiger partial charge in [-0.25, -0.2) is 0 Å². The molecule has 0 aliphatic heterocycles. The average molecular weight is 190 g/mol. The summed E-state index contributed by atoms with van der Waals surface area (Å²) in [5.41, 5.74) is 1.94. The van der Waals surface area contributed by atoms with E-state index in [2.05, 4.69) is 0 Å². The molecule has 0 amide bonds. The highest BCUT2D eigenvalue weighted by Gasteiger charge is 2.23. The number of carbonyl (C=O) groups excluding carboxylic acids is 1. The molecule has 0 fully saturated rings. The first-order valence-electron chi connectivity index (χ1n) is 5.00. The molecule has 1 aliphatic rings. The Bertz CT molecular complexity index is 367. The van der Waals surface area contributed by atoms with Crippen molar-refractivity contribution in [1.29, 1.82) is 0 Å². The molecular formula is C12H14O2. The maximum Gasteiger partial charge on any atom is 0.167 e. The molecule has 2 nitrogen and oxygen atoms in total. The number of ketones is 1. The zero-order chi connectivity index (χ0) is 10.1. The van der Waals surface area contributed by atoms with Gasteiger partial charge in [-0.3, -0.25) is 4.79 Å². The Balaban J connectivity index is 2.41. The number of ether oxygens (including phenoxy) is 1. The largest absolute Gasteiger partial charge is 0.490 e. The summed E-state index contributed by atoms with van der Waals surface area (Å²) in [4.78, 5) is 11.6. The predicted octanol–water partition coefficient (Wildman–Crippen LogP) is 2.60. The number of carbonyl (C=O) groups is 1. The van der Waals surface area contributed by atoms with Crippen molar-refractivity contribution >= 4 is 5.78 Å². The highest BCUT2D eigenvalue weighted by molar-refractivity contribution is 6.02. The number of rotatable bonds is 2. The van der Waals surface area contributed by atoms with Crippen LogP contribution >= 0.6 is 0 Å². The van der Waals surface area contributed by atoms with Crippen molar-refractivity contribution in [3.63, 3.8) is 0 Å². The van der Waals surface area contributed by atoms with E-state index < -0.39 is 0 Å². The van der Waals surface area contributed by atoms with Crippen LogP contribution in [0.5, 0.6) is 5.75 Å². The predicted molar refractivity (Wildman–Crippen MR) is 54.9 cm³/mol. The van der Waals surface area contributed by atoms with Crippen molar-refractivity contribution < 1.29 is 9.53 Å². The van der Waals surface area contributed by atoms with Gasteiger partial charge in [0, 0.05) is 6.42 Å². The molecule has 2 rings (SSSR count). The van der Waals surface area contributed by atoms with Crippen LogP contribution in [0.15, 0.2) is 18.2 Å². The van der Waals surface area contributed by atoms with Gasteiger partial charge in [0.1, 0.15) is 5.75 Å². The van der Waals surface area contributed by atoms with Gasteiger partial charge in [-0.15, -0.1) is 0 Å². The number of hydrogen-bond donors (Lipinski definition) is 0. The van der Waals surface area contributed by atoms with Crippen LogP contribution in [0, 0.1) is 0 Å². The minimum atomic E-state index is 0.120. The molecule has 0 saturated carbocycles. The van der Waals surface area contributed by atoms with E-state index >= 15 is 0 Å². The Morgan fingerprint density at radius 2 is 2.07 bits per heavy atom. The normalized spacial score (nSPS) is 14.6. The quantitative estimate of drug-likeness (QED) is 0.716. The van der Waals surface area contributed by atoms with Gasteiger partial charge in [-0.05, 0) is 31.9 Å². The smallest absolute Gasteiger partial charge is 0.167 e. The second-order valence-corrected chi connectivity index (χ2v) is 3.88. The topological polar surface area (TPSA) is 26.3 Å². The lowest BCUT2D eigenvalue weighted by Gasteiger charge is -2.12. The summed E-state index contributed by atoms with van der Waals surface area (Å²) in [7, 11) is 0. The summed E-state index contributed by atoms with van der Waals surface area (Å²) in [6, 6.07) is 5.84. The van der Waals surface area contributed by atoms with Gasteiger partial charge in [0.25, 0.3) is 0 Å². The van der Waals surface area contributed by atoms with Crippen molar-refractivity contribution in [1.82, 2.24) is 0 Å². The van der Waals surface area contributed by atoms with Crippen LogP contribution in [-0.2, 0) is 6.42 Å². The summed E-state index contributed by atoms with van der Waals surface area (Å²) in [6.07, 6.45) is 1.62. The first-order chi connectivity index (χ1) is 6.68. The van der Waals surface area contributed by atoms with E-state index in [1.807, 2.05) is 32.0 Å². The van der Waals surface area contributed by atoms with Gasteiger partial charge in [-0.1, -0.05) is 12.1 Å². The minimum Gasteiger partial charge on any atom is -0.490 e. The van der Waals surface area contributed by atoms with Crippen LogP contribution in [-0.4, -0.2) is 11.9 Å². The minimum absolute atomic E-state index is 0.120. The molecule has 0 heterocycles. The molecule has 0 N–H and O–H groups in total. The van der Waals surface area contributed by atoms with Gasteiger partial charge >= 0.3 is 0 Å². The second-order valence-electron chi connectivity index (χ2n) is 3.88. The maximum absolute atomic E-state index is 11.6. The van der Waals surface area contributed by atoms with Gasteiger partial charge in [0.05, 0.1) is 11.7 Å². The summed E-state index contributed by atoms with van der Waals surface area (Å²) in [6.45, 7) is 3.94. The van der Waals surface area contributed by atoms with Crippen LogP contribution in [0.25, 0.3) is 0 Å². The highest BCUT2D eigenvalue weighted by atomic mass is 16.5. The van der Waals surface area contributed by atoms with Gasteiger partial charge in [0.2, 0.25) is 0 Å². The molecule has 1 aromatic carbocycles. The molecule has 0 bridgehead atoms. The molecule has 0 aromatic heterocycles. The fourth-order valence-corrected chi connectivity index (χ4v) is 1.83. The molecule has 2 heteroatoms. The lowest BCUT2D eigenvalue weighted by molar-refractivity contribution is 0.0989. The van der Waals surface area contributed by atoms with Crippen molar-refractivity contribution in [3.8, 4) is 5.75 Å².